The molecular formula is C50H82BaO8. The van der Waals surface area contributed by atoms with Crippen LogP contribution >= 0.6 is 0 Å². The van der Waals surface area contributed by atoms with E-state index in [2.05, 4.69) is 38.1 Å². The van der Waals surface area contributed by atoms with Crippen LogP contribution in [-0.2, 0) is 32.3 Å². The van der Waals surface area contributed by atoms with Crippen molar-refractivity contribution in [1.29, 1.82) is 0 Å². The smallest absolute Gasteiger partial charge is 0.550 e. The summed E-state index contributed by atoms with van der Waals surface area (Å²) in [5.41, 5.74) is 2.47. The van der Waals surface area contributed by atoms with Crippen molar-refractivity contribution < 1.29 is 39.5 Å². The zero-order chi connectivity index (χ0) is 42.3. The average Bonchev–Trinajstić information content (AvgIpc) is 3.21. The molecule has 0 aliphatic carbocycles. The molecule has 332 valence electrons. The molecule has 2 aromatic carbocycles. The van der Waals surface area contributed by atoms with Gasteiger partial charge in [0.25, 0.3) is 0 Å². The minimum atomic E-state index is -0.976. The van der Waals surface area contributed by atoms with E-state index in [4.69, 9.17) is 9.47 Å². The van der Waals surface area contributed by atoms with E-state index in [9.17, 15) is 30.0 Å². The Morgan fingerprint density at radius 3 is 0.983 bits per heavy atom. The van der Waals surface area contributed by atoms with Crippen LogP contribution in [0.25, 0.3) is 0 Å². The summed E-state index contributed by atoms with van der Waals surface area (Å²) < 4.78 is 11.8. The van der Waals surface area contributed by atoms with Gasteiger partial charge in [-0.1, -0.05) is 176 Å². The SMILES string of the molecule is CC(CCCCCCCCCC(O)CCCCCC(=O)[O-])OCc1ccccc1.CC(CCCCCCCCCC(O)CCCCCC(=O)[O-])OCc1ccccc1.[Ba+2]. The van der Waals surface area contributed by atoms with Crippen molar-refractivity contribution in [2.45, 2.75) is 231 Å². The number of carbonyl (C=O) groups excluding carboxylic acids is 2. The molecule has 2 rings (SSSR count). The first-order valence-corrected chi connectivity index (χ1v) is 23.2. The number of aliphatic hydroxyl groups excluding tert-OH is 2. The largest absolute Gasteiger partial charge is 2.00 e. The number of carboxylic acids is 2. The van der Waals surface area contributed by atoms with Crippen molar-refractivity contribution in [3.63, 3.8) is 0 Å². The van der Waals surface area contributed by atoms with E-state index in [1.165, 1.54) is 88.2 Å². The number of aliphatic hydroxyl groups is 2. The molecule has 0 fully saturated rings. The van der Waals surface area contributed by atoms with Gasteiger partial charge in [0.1, 0.15) is 0 Å². The van der Waals surface area contributed by atoms with Crippen molar-refractivity contribution >= 4 is 60.8 Å². The first-order chi connectivity index (χ1) is 28.2. The predicted molar refractivity (Wildman–Crippen MR) is 238 cm³/mol. The predicted octanol–water partition coefficient (Wildman–Crippen LogP) is 9.95. The molecule has 0 amide bonds. The van der Waals surface area contributed by atoms with Crippen LogP contribution in [0.15, 0.2) is 60.7 Å². The van der Waals surface area contributed by atoms with Gasteiger partial charge in [0.15, 0.2) is 0 Å². The van der Waals surface area contributed by atoms with Crippen LogP contribution in [-0.4, -0.2) is 95.4 Å². The topological polar surface area (TPSA) is 139 Å². The molecule has 0 saturated heterocycles. The molecule has 2 aromatic rings. The number of ether oxygens (including phenoxy) is 2. The van der Waals surface area contributed by atoms with Gasteiger partial charge < -0.3 is 39.5 Å². The first-order valence-electron chi connectivity index (χ1n) is 23.2. The Kier molecular flexibility index (Phi) is 41.2. The maximum Gasteiger partial charge on any atom is 2.00 e. The molecular weight excluding hydrogens is 866 g/mol. The van der Waals surface area contributed by atoms with Gasteiger partial charge in [0.05, 0.1) is 37.6 Å². The van der Waals surface area contributed by atoms with Crippen molar-refractivity contribution in [2.24, 2.45) is 0 Å². The Morgan fingerprint density at radius 2 is 0.695 bits per heavy atom. The monoisotopic (exact) mass is 949 g/mol. The van der Waals surface area contributed by atoms with E-state index in [0.29, 0.717) is 38.3 Å². The second kappa shape index (κ2) is 42.1. The molecule has 0 aliphatic rings. The number of hydrogen-bond donors (Lipinski definition) is 2. The standard InChI is InChI=1S/2C25H42O4.Ba/c2*1-22(29-21-23-16-10-7-11-17-23)15-9-5-3-2-4-6-12-18-24(26)19-13-8-14-20-25(27)28;/h2*7,10-11,16-17,22,24,26H,2-6,8-9,12-15,18-21H2,1H3,(H,27,28);/q;;+2/p-2. The molecule has 59 heavy (non-hydrogen) atoms. The second-order valence-corrected chi connectivity index (χ2v) is 16.6. The quantitative estimate of drug-likeness (QED) is 0.0501. The molecule has 0 radical (unpaired) electrons. The van der Waals surface area contributed by atoms with E-state index in [0.717, 1.165) is 77.0 Å². The van der Waals surface area contributed by atoms with Gasteiger partial charge in [-0.15, -0.1) is 0 Å². The molecule has 0 bridgehead atoms. The van der Waals surface area contributed by atoms with Gasteiger partial charge in [0.2, 0.25) is 0 Å². The molecule has 4 atom stereocenters. The maximum absolute atomic E-state index is 10.3. The van der Waals surface area contributed by atoms with E-state index in [-0.39, 0.29) is 73.9 Å². The van der Waals surface area contributed by atoms with Gasteiger partial charge in [0, 0.05) is 11.9 Å². The van der Waals surface area contributed by atoms with Crippen molar-refractivity contribution in [1.82, 2.24) is 0 Å². The van der Waals surface area contributed by atoms with Gasteiger partial charge in [-0.2, -0.15) is 0 Å². The number of aliphatic carboxylic acids is 2. The third kappa shape index (κ3) is 40.6. The Morgan fingerprint density at radius 1 is 0.441 bits per heavy atom. The fourth-order valence-electron chi connectivity index (χ4n) is 7.12. The summed E-state index contributed by atoms with van der Waals surface area (Å²) in [6.45, 7) is 5.73. The Hall–Kier alpha value is -1.21. The summed E-state index contributed by atoms with van der Waals surface area (Å²) in [6, 6.07) is 20.7. The van der Waals surface area contributed by atoms with Gasteiger partial charge in [-0.05, 0) is 89.2 Å². The fourth-order valence-corrected chi connectivity index (χ4v) is 7.12. The van der Waals surface area contributed by atoms with E-state index in [1.807, 2.05) is 36.4 Å². The number of carbonyl (C=O) groups is 2. The summed E-state index contributed by atoms with van der Waals surface area (Å²) in [5.74, 6) is -1.95. The Bertz CT molecular complexity index is 1110. The molecule has 4 unspecified atom stereocenters. The summed E-state index contributed by atoms with van der Waals surface area (Å²) in [6.07, 6.45) is 28.1. The normalized spacial score (nSPS) is 13.1. The average molecular weight is 949 g/mol. The number of rotatable bonds is 38. The summed E-state index contributed by atoms with van der Waals surface area (Å²) in [5, 5.41) is 40.6. The van der Waals surface area contributed by atoms with Gasteiger partial charge in [-0.3, -0.25) is 0 Å². The van der Waals surface area contributed by atoms with Crippen LogP contribution < -0.4 is 10.2 Å². The number of hydrogen-bond acceptors (Lipinski definition) is 8. The molecule has 9 heteroatoms. The van der Waals surface area contributed by atoms with Crippen molar-refractivity contribution in [2.75, 3.05) is 0 Å². The van der Waals surface area contributed by atoms with Gasteiger partial charge >= 0.3 is 48.9 Å². The third-order valence-electron chi connectivity index (χ3n) is 10.9. The Balaban J connectivity index is 0.00000112. The molecule has 0 heterocycles. The maximum atomic E-state index is 10.3. The van der Waals surface area contributed by atoms with E-state index >= 15 is 0 Å². The van der Waals surface area contributed by atoms with Crippen LogP contribution in [0, 0.1) is 0 Å². The van der Waals surface area contributed by atoms with E-state index < -0.39 is 11.9 Å². The van der Waals surface area contributed by atoms with Crippen LogP contribution in [0.3, 0.4) is 0 Å². The Labute approximate surface area is 400 Å². The van der Waals surface area contributed by atoms with E-state index in [1.54, 1.807) is 0 Å². The zero-order valence-electron chi connectivity index (χ0n) is 37.3. The number of carboxylic acid groups (broad SMARTS) is 2. The van der Waals surface area contributed by atoms with Crippen LogP contribution in [0.1, 0.15) is 205 Å². The van der Waals surface area contributed by atoms with Crippen molar-refractivity contribution in [3.05, 3.63) is 71.8 Å². The molecule has 8 nitrogen and oxygen atoms in total. The minimum Gasteiger partial charge on any atom is -0.550 e. The van der Waals surface area contributed by atoms with Crippen molar-refractivity contribution in [3.8, 4) is 0 Å². The summed E-state index contributed by atoms with van der Waals surface area (Å²) in [7, 11) is 0. The van der Waals surface area contributed by atoms with Crippen LogP contribution in [0.5, 0.6) is 0 Å². The minimum absolute atomic E-state index is 0. The third-order valence-corrected chi connectivity index (χ3v) is 10.9. The van der Waals surface area contributed by atoms with Gasteiger partial charge in [-0.25, -0.2) is 0 Å². The fraction of sp³-hybridized carbons (Fsp3) is 0.720. The molecule has 0 aliphatic heterocycles. The molecule has 2 N–H and O–H groups in total. The number of benzene rings is 2. The summed E-state index contributed by atoms with van der Waals surface area (Å²) in [4.78, 5) is 20.6. The zero-order valence-corrected chi connectivity index (χ0v) is 41.8. The van der Waals surface area contributed by atoms with Crippen LogP contribution in [0.4, 0.5) is 0 Å². The number of unbranched alkanes of at least 4 members (excludes halogenated alkanes) is 16. The molecule has 0 aromatic heterocycles. The molecule has 0 saturated carbocycles. The van der Waals surface area contributed by atoms with Crippen LogP contribution in [0.2, 0.25) is 0 Å². The second-order valence-electron chi connectivity index (χ2n) is 16.6. The molecule has 0 spiro atoms. The first kappa shape index (κ1) is 57.8. The summed E-state index contributed by atoms with van der Waals surface area (Å²) >= 11 is 0.